The smallest absolute Gasteiger partial charge is 0.254 e. The fourth-order valence-electron chi connectivity index (χ4n) is 4.19. The number of nitriles is 1. The van der Waals surface area contributed by atoms with Gasteiger partial charge >= 0.3 is 0 Å². The van der Waals surface area contributed by atoms with Crippen molar-refractivity contribution in [2.75, 3.05) is 32.4 Å². The Morgan fingerprint density at radius 3 is 2.56 bits per heavy atom. The molecule has 1 fully saturated rings. The molecule has 34 heavy (non-hydrogen) atoms. The molecule has 1 atom stereocenters. The van der Waals surface area contributed by atoms with Crippen molar-refractivity contribution in [2.24, 2.45) is 0 Å². The molecular weight excluding hydrogens is 448 g/mol. The normalized spacial score (nSPS) is 14.6. The fraction of sp³-hybridized carbons (Fsp3) is 0.200. The summed E-state index contributed by atoms with van der Waals surface area (Å²) in [5.74, 6) is 0.367. The molecule has 1 saturated heterocycles. The van der Waals surface area contributed by atoms with E-state index >= 15 is 0 Å². The third-order valence-corrected chi connectivity index (χ3v) is 6.89. The maximum atomic E-state index is 13.1. The Balaban J connectivity index is 1.57. The van der Waals surface area contributed by atoms with Gasteiger partial charge in [-0.2, -0.15) is 5.26 Å². The molecule has 0 saturated carbocycles. The van der Waals surface area contributed by atoms with E-state index in [1.165, 1.54) is 0 Å². The lowest BCUT2D eigenvalue weighted by Gasteiger charge is -2.27. The Hall–Kier alpha value is -3.87. The molecule has 0 bridgehead atoms. The van der Waals surface area contributed by atoms with Gasteiger partial charge < -0.3 is 10.2 Å². The van der Waals surface area contributed by atoms with Crippen molar-refractivity contribution >= 4 is 27.6 Å². The van der Waals surface area contributed by atoms with Gasteiger partial charge in [0, 0.05) is 73.1 Å². The van der Waals surface area contributed by atoms with Crippen LogP contribution in [-0.2, 0) is 10.8 Å². The van der Waals surface area contributed by atoms with E-state index in [-0.39, 0.29) is 5.91 Å². The molecule has 1 aliphatic heterocycles. The third kappa shape index (κ3) is 3.98. The van der Waals surface area contributed by atoms with Gasteiger partial charge in [0.25, 0.3) is 5.91 Å². The molecule has 0 spiro atoms. The maximum absolute atomic E-state index is 13.1. The molecule has 2 aromatic carbocycles. The minimum atomic E-state index is -1.23. The summed E-state index contributed by atoms with van der Waals surface area (Å²) in [6, 6.07) is 14.9. The van der Waals surface area contributed by atoms with Gasteiger partial charge in [-0.1, -0.05) is 24.3 Å². The maximum Gasteiger partial charge on any atom is 0.254 e. The van der Waals surface area contributed by atoms with E-state index in [4.69, 9.17) is 0 Å². The summed E-state index contributed by atoms with van der Waals surface area (Å²) in [4.78, 5) is 24.6. The molecule has 2 aromatic heterocycles. The van der Waals surface area contributed by atoms with Gasteiger partial charge in [-0.05, 0) is 18.2 Å². The molecule has 1 aliphatic rings. The van der Waals surface area contributed by atoms with Crippen molar-refractivity contribution in [3.8, 4) is 23.1 Å². The number of piperazine rings is 1. The highest BCUT2D eigenvalue weighted by Gasteiger charge is 2.21. The van der Waals surface area contributed by atoms with Crippen LogP contribution < -0.4 is 5.32 Å². The second kappa shape index (κ2) is 9.17. The van der Waals surface area contributed by atoms with E-state index in [1.807, 2.05) is 35.2 Å². The average Bonchev–Trinajstić information content (AvgIpc) is 3.28. The summed E-state index contributed by atoms with van der Waals surface area (Å²) < 4.78 is 14.2. The van der Waals surface area contributed by atoms with Crippen LogP contribution in [0.5, 0.6) is 0 Å². The van der Waals surface area contributed by atoms with Gasteiger partial charge in [-0.3, -0.25) is 13.6 Å². The van der Waals surface area contributed by atoms with E-state index in [2.05, 4.69) is 21.4 Å². The molecule has 1 amide bonds. The molecule has 3 heterocycles. The number of benzene rings is 2. The second-order valence-corrected chi connectivity index (χ2v) is 9.37. The van der Waals surface area contributed by atoms with E-state index in [0.29, 0.717) is 35.1 Å². The number of fused-ring (bicyclic) bond motifs is 1. The van der Waals surface area contributed by atoms with Crippen LogP contribution in [0.1, 0.15) is 15.9 Å². The van der Waals surface area contributed by atoms with E-state index in [1.54, 1.807) is 41.5 Å². The highest BCUT2D eigenvalue weighted by atomic mass is 32.2. The lowest BCUT2D eigenvalue weighted by Crippen LogP contribution is -2.46. The Labute approximate surface area is 199 Å². The van der Waals surface area contributed by atoms with Crippen molar-refractivity contribution < 1.29 is 9.00 Å². The summed E-state index contributed by atoms with van der Waals surface area (Å²) in [7, 11) is -1.23. The van der Waals surface area contributed by atoms with Gasteiger partial charge in [0.05, 0.1) is 32.8 Å². The summed E-state index contributed by atoms with van der Waals surface area (Å²) in [6.07, 6.45) is 6.73. The average molecular weight is 471 g/mol. The molecule has 4 aromatic rings. The number of carbonyl (C=O) groups is 1. The SMILES string of the molecule is CS(=O)c1cn(-c2ncc(-c3ccccc3C#N)cn2)c2cc(C(=O)N3CCNCC3)ccc12. The molecule has 5 rings (SSSR count). The monoisotopic (exact) mass is 470 g/mol. The molecule has 170 valence electrons. The zero-order chi connectivity index (χ0) is 23.7. The van der Waals surface area contributed by atoms with E-state index < -0.39 is 10.8 Å². The predicted molar refractivity (Wildman–Crippen MR) is 130 cm³/mol. The minimum Gasteiger partial charge on any atom is -0.336 e. The standard InChI is InChI=1S/C25H22N6O2S/c1-34(33)23-16-31(25-28-14-19(15-29-25)20-5-3-2-4-18(20)13-26)22-12-17(6-7-21(22)23)24(32)30-10-8-27-9-11-30/h2-7,12,14-16,27H,8-11H2,1H3. The Bertz CT molecular complexity index is 1450. The number of rotatable bonds is 4. The Morgan fingerprint density at radius 2 is 1.85 bits per heavy atom. The number of carbonyl (C=O) groups excluding carboxylic acids is 1. The van der Waals surface area contributed by atoms with Crippen LogP contribution in [0.15, 0.2) is 66.0 Å². The highest BCUT2D eigenvalue weighted by Crippen LogP contribution is 2.28. The van der Waals surface area contributed by atoms with Crippen LogP contribution in [0.25, 0.3) is 28.0 Å². The highest BCUT2D eigenvalue weighted by molar-refractivity contribution is 7.84. The summed E-state index contributed by atoms with van der Waals surface area (Å²) in [5.41, 5.74) is 3.32. The van der Waals surface area contributed by atoms with Gasteiger partial charge in [-0.25, -0.2) is 9.97 Å². The Kier molecular flexibility index (Phi) is 5.92. The number of hydrogen-bond donors (Lipinski definition) is 1. The molecular formula is C25H22N6O2S. The topological polar surface area (TPSA) is 104 Å². The lowest BCUT2D eigenvalue weighted by atomic mass is 10.0. The molecule has 0 aliphatic carbocycles. The van der Waals surface area contributed by atoms with E-state index in [9.17, 15) is 14.3 Å². The van der Waals surface area contributed by atoms with E-state index in [0.717, 1.165) is 35.1 Å². The third-order valence-electron chi connectivity index (χ3n) is 5.94. The number of nitrogens with one attached hydrogen (secondary N) is 1. The van der Waals surface area contributed by atoms with Crippen LogP contribution in [-0.4, -0.2) is 62.0 Å². The van der Waals surface area contributed by atoms with Crippen molar-refractivity contribution in [2.45, 2.75) is 4.90 Å². The zero-order valence-electron chi connectivity index (χ0n) is 18.6. The molecule has 9 heteroatoms. The van der Waals surface area contributed by atoms with Crippen molar-refractivity contribution in [1.82, 2.24) is 24.8 Å². The van der Waals surface area contributed by atoms with Crippen molar-refractivity contribution in [3.05, 3.63) is 72.2 Å². The molecule has 1 N–H and O–H groups in total. The second-order valence-electron chi connectivity index (χ2n) is 8.02. The first-order valence-corrected chi connectivity index (χ1v) is 12.4. The number of nitrogens with zero attached hydrogens (tertiary/aromatic N) is 5. The quantitative estimate of drug-likeness (QED) is 0.492. The summed E-state index contributed by atoms with van der Waals surface area (Å²) in [6.45, 7) is 2.88. The van der Waals surface area contributed by atoms with Crippen LogP contribution in [0.2, 0.25) is 0 Å². The first kappa shape index (κ1) is 21.9. The van der Waals surface area contributed by atoms with Gasteiger partial charge in [0.2, 0.25) is 5.95 Å². The van der Waals surface area contributed by atoms with Gasteiger partial charge in [-0.15, -0.1) is 0 Å². The Morgan fingerprint density at radius 1 is 1.12 bits per heavy atom. The summed E-state index contributed by atoms with van der Waals surface area (Å²) >= 11 is 0. The zero-order valence-corrected chi connectivity index (χ0v) is 19.4. The largest absolute Gasteiger partial charge is 0.336 e. The molecule has 1 unspecified atom stereocenters. The minimum absolute atomic E-state index is 0.0281. The van der Waals surface area contributed by atoms with Crippen molar-refractivity contribution in [3.63, 3.8) is 0 Å². The van der Waals surface area contributed by atoms with Gasteiger partial charge in [0.1, 0.15) is 0 Å². The molecule has 8 nitrogen and oxygen atoms in total. The number of amides is 1. The fourth-order valence-corrected chi connectivity index (χ4v) is 4.93. The van der Waals surface area contributed by atoms with Crippen molar-refractivity contribution in [1.29, 1.82) is 5.26 Å². The molecule has 0 radical (unpaired) electrons. The first-order chi connectivity index (χ1) is 16.6. The van der Waals surface area contributed by atoms with Crippen LogP contribution in [0, 0.1) is 11.3 Å². The van der Waals surface area contributed by atoms with Crippen LogP contribution >= 0.6 is 0 Å². The number of aromatic nitrogens is 3. The van der Waals surface area contributed by atoms with Crippen LogP contribution in [0.4, 0.5) is 0 Å². The lowest BCUT2D eigenvalue weighted by molar-refractivity contribution is 0.0736. The first-order valence-electron chi connectivity index (χ1n) is 10.9. The predicted octanol–water partition coefficient (Wildman–Crippen LogP) is 2.74. The van der Waals surface area contributed by atoms with Gasteiger partial charge in [0.15, 0.2) is 0 Å². The summed E-state index contributed by atoms with van der Waals surface area (Å²) in [5, 5.41) is 13.4. The van der Waals surface area contributed by atoms with Crippen LogP contribution in [0.3, 0.4) is 0 Å². The number of hydrogen-bond acceptors (Lipinski definition) is 6.